The molecule has 0 aliphatic heterocycles. The molecular formula is C7H12O3Y-2. The molecule has 0 amide bonds. The number of aliphatic carboxylic acids is 1. The molecule has 11 heavy (non-hydrogen) atoms. The summed E-state index contributed by atoms with van der Waals surface area (Å²) in [6.45, 7) is 1.73. The Morgan fingerprint density at radius 3 is 2.18 bits per heavy atom. The van der Waals surface area contributed by atoms with Crippen LogP contribution in [0.15, 0.2) is 0 Å². The van der Waals surface area contributed by atoms with Crippen LogP contribution in [-0.4, -0.2) is 17.4 Å². The smallest absolute Gasteiger partial charge is 0.304 e. The van der Waals surface area contributed by atoms with Crippen molar-refractivity contribution in [2.45, 2.75) is 19.8 Å². The van der Waals surface area contributed by atoms with E-state index in [4.69, 9.17) is 5.11 Å². The van der Waals surface area contributed by atoms with Crippen molar-refractivity contribution in [2.24, 2.45) is 5.92 Å². The number of carboxylic acid groups (broad SMARTS) is 1. The first kappa shape index (κ1) is 17.4. The van der Waals surface area contributed by atoms with Gasteiger partial charge in [0.25, 0.3) is 0 Å². The predicted molar refractivity (Wildman–Crippen MR) is 38.1 cm³/mol. The van der Waals surface area contributed by atoms with Gasteiger partial charge in [0.15, 0.2) is 0 Å². The standard InChI is InChI=1S/C6H9O3.CH3.Y/c1-2-5(3-4-7)6(8)9;;/h5H,2-3H2,1H3,(H,8,9);1H3;/q2*-1;. The van der Waals surface area contributed by atoms with Crippen LogP contribution in [0.2, 0.25) is 0 Å². The first-order valence-electron chi connectivity index (χ1n) is 2.80. The Labute approximate surface area is 92.4 Å². The monoisotopic (exact) mass is 233 g/mol. The Kier molecular flexibility index (Phi) is 16.2. The summed E-state index contributed by atoms with van der Waals surface area (Å²) in [6, 6.07) is 0. The molecular weight excluding hydrogens is 221 g/mol. The van der Waals surface area contributed by atoms with Crippen LogP contribution in [0.3, 0.4) is 0 Å². The van der Waals surface area contributed by atoms with E-state index in [1.807, 2.05) is 0 Å². The molecule has 1 radical (unpaired) electrons. The van der Waals surface area contributed by atoms with Crippen molar-refractivity contribution in [2.75, 3.05) is 0 Å². The third kappa shape index (κ3) is 8.15. The fourth-order valence-electron chi connectivity index (χ4n) is 0.507. The largest absolute Gasteiger partial charge is 0.542 e. The molecule has 0 aromatic rings. The molecule has 0 aliphatic rings. The molecule has 1 atom stereocenters. The number of rotatable bonds is 4. The Hall–Kier alpha value is 0.244. The minimum Gasteiger partial charge on any atom is -0.542 e. The molecule has 1 unspecified atom stereocenters. The first-order valence-corrected chi connectivity index (χ1v) is 2.80. The summed E-state index contributed by atoms with van der Waals surface area (Å²) in [7, 11) is 0. The number of hydrogen-bond acceptors (Lipinski definition) is 2. The molecule has 0 rings (SSSR count). The SMILES string of the molecule is CCC(C[C-]=O)C(=O)O.[CH3-].[Y]. The van der Waals surface area contributed by atoms with Crippen molar-refractivity contribution in [3.05, 3.63) is 7.43 Å². The van der Waals surface area contributed by atoms with Crippen molar-refractivity contribution in [3.63, 3.8) is 0 Å². The van der Waals surface area contributed by atoms with E-state index in [0.717, 1.165) is 0 Å². The maximum absolute atomic E-state index is 10.1. The van der Waals surface area contributed by atoms with Crippen molar-refractivity contribution in [1.29, 1.82) is 0 Å². The topological polar surface area (TPSA) is 54.4 Å². The summed E-state index contributed by atoms with van der Waals surface area (Å²) in [4.78, 5) is 19.8. The van der Waals surface area contributed by atoms with Gasteiger partial charge in [0.2, 0.25) is 0 Å². The Balaban J connectivity index is -0.000000320. The number of carbonyl (C=O) groups is 1. The number of carbonyl (C=O) groups excluding carboxylic acids is 1. The van der Waals surface area contributed by atoms with Gasteiger partial charge in [0.05, 0.1) is 0 Å². The normalized spacial score (nSPS) is 10.3. The Bertz CT molecular complexity index is 114. The summed E-state index contributed by atoms with van der Waals surface area (Å²) >= 11 is 0. The first-order chi connectivity index (χ1) is 4.22. The summed E-state index contributed by atoms with van der Waals surface area (Å²) in [6.07, 6.45) is 2.07. The van der Waals surface area contributed by atoms with Crippen LogP contribution in [0.25, 0.3) is 0 Å². The summed E-state index contributed by atoms with van der Waals surface area (Å²) in [5.74, 6) is -1.46. The minimum absolute atomic E-state index is 0. The third-order valence-electron chi connectivity index (χ3n) is 1.17. The van der Waals surface area contributed by atoms with Crippen LogP contribution in [0.1, 0.15) is 19.8 Å². The van der Waals surface area contributed by atoms with E-state index < -0.39 is 11.9 Å². The molecule has 0 aliphatic carbocycles. The van der Waals surface area contributed by atoms with Gasteiger partial charge in [-0.3, -0.25) is 11.1 Å². The van der Waals surface area contributed by atoms with Crippen molar-refractivity contribution in [1.82, 2.24) is 0 Å². The van der Waals surface area contributed by atoms with Crippen LogP contribution in [0, 0.1) is 13.3 Å². The second-order valence-electron chi connectivity index (χ2n) is 1.79. The Morgan fingerprint density at radius 1 is 1.64 bits per heavy atom. The molecule has 63 valence electrons. The van der Waals surface area contributed by atoms with Crippen LogP contribution in [-0.2, 0) is 42.3 Å². The van der Waals surface area contributed by atoms with Gasteiger partial charge in [-0.2, -0.15) is 0 Å². The maximum Gasteiger partial charge on any atom is 0.304 e. The average molecular weight is 233 g/mol. The van der Waals surface area contributed by atoms with Gasteiger partial charge >= 0.3 is 5.97 Å². The number of hydrogen-bond donors (Lipinski definition) is 1. The fraction of sp³-hybridized carbons (Fsp3) is 0.571. The van der Waals surface area contributed by atoms with Crippen molar-refractivity contribution in [3.8, 4) is 0 Å². The Morgan fingerprint density at radius 2 is 2.09 bits per heavy atom. The molecule has 0 fully saturated rings. The van der Waals surface area contributed by atoms with Gasteiger partial charge < -0.3 is 17.3 Å². The van der Waals surface area contributed by atoms with Crippen LogP contribution >= 0.6 is 0 Å². The molecule has 0 spiro atoms. The molecule has 4 heteroatoms. The van der Waals surface area contributed by atoms with E-state index in [1.54, 1.807) is 13.2 Å². The molecule has 0 aromatic heterocycles. The van der Waals surface area contributed by atoms with E-state index in [-0.39, 0.29) is 46.6 Å². The van der Waals surface area contributed by atoms with E-state index in [1.165, 1.54) is 0 Å². The van der Waals surface area contributed by atoms with Gasteiger partial charge in [-0.1, -0.05) is 6.92 Å². The van der Waals surface area contributed by atoms with E-state index in [0.29, 0.717) is 6.42 Å². The zero-order valence-electron chi connectivity index (χ0n) is 6.83. The zero-order chi connectivity index (χ0) is 7.28. The molecule has 0 heterocycles. The molecule has 3 nitrogen and oxygen atoms in total. The van der Waals surface area contributed by atoms with E-state index in [2.05, 4.69) is 0 Å². The van der Waals surface area contributed by atoms with Gasteiger partial charge in [0, 0.05) is 38.6 Å². The minimum atomic E-state index is -0.916. The average Bonchev–Trinajstić information content (AvgIpc) is 1.82. The van der Waals surface area contributed by atoms with Crippen molar-refractivity contribution >= 4 is 12.3 Å². The van der Waals surface area contributed by atoms with Gasteiger partial charge in [0.1, 0.15) is 0 Å². The van der Waals surface area contributed by atoms with Crippen LogP contribution in [0.5, 0.6) is 0 Å². The number of carboxylic acids is 1. The van der Waals surface area contributed by atoms with Gasteiger partial charge in [-0.25, -0.2) is 0 Å². The van der Waals surface area contributed by atoms with Crippen LogP contribution < -0.4 is 0 Å². The third-order valence-corrected chi connectivity index (χ3v) is 1.17. The van der Waals surface area contributed by atoms with Gasteiger partial charge in [-0.05, 0) is 6.42 Å². The van der Waals surface area contributed by atoms with Gasteiger partial charge in [-0.15, -0.1) is 6.42 Å². The van der Waals surface area contributed by atoms with E-state index >= 15 is 0 Å². The summed E-state index contributed by atoms with van der Waals surface area (Å²) < 4.78 is 0. The molecule has 0 bridgehead atoms. The zero-order valence-corrected chi connectivity index (χ0v) is 9.67. The summed E-state index contributed by atoms with van der Waals surface area (Å²) in [5.41, 5.74) is 0. The predicted octanol–water partition coefficient (Wildman–Crippen LogP) is 1.04. The van der Waals surface area contributed by atoms with E-state index in [9.17, 15) is 9.59 Å². The summed E-state index contributed by atoms with van der Waals surface area (Å²) in [5, 5.41) is 8.33. The molecule has 0 saturated carbocycles. The molecule has 0 aromatic carbocycles. The quantitative estimate of drug-likeness (QED) is 0.738. The second kappa shape index (κ2) is 10.2. The maximum atomic E-state index is 10.1. The van der Waals surface area contributed by atoms with Crippen molar-refractivity contribution < 1.29 is 47.4 Å². The molecule has 1 N–H and O–H groups in total. The fourth-order valence-corrected chi connectivity index (χ4v) is 0.507. The molecule has 0 saturated heterocycles. The second-order valence-corrected chi connectivity index (χ2v) is 1.79. The van der Waals surface area contributed by atoms with Crippen LogP contribution in [0.4, 0.5) is 0 Å².